The first-order valence-electron chi connectivity index (χ1n) is 13.3. The first kappa shape index (κ1) is 29.0. The molecule has 44 heavy (non-hydrogen) atoms. The summed E-state index contributed by atoms with van der Waals surface area (Å²) in [7, 11) is 0. The van der Waals surface area contributed by atoms with Gasteiger partial charge in [0.05, 0.1) is 28.1 Å². The predicted octanol–water partition coefficient (Wildman–Crippen LogP) is 16.4. The number of rotatable bonds is 4. The van der Waals surface area contributed by atoms with E-state index in [-0.39, 0.29) is 0 Å². The number of hydrogen-bond acceptors (Lipinski definition) is 6. The van der Waals surface area contributed by atoms with Crippen molar-refractivity contribution in [3.8, 4) is 40.4 Å². The van der Waals surface area contributed by atoms with Crippen LogP contribution in [0.5, 0.6) is 0 Å². The second-order valence-electron chi connectivity index (χ2n) is 10.2. The molecule has 0 radical (unpaired) electrons. The summed E-state index contributed by atoms with van der Waals surface area (Å²) in [4.78, 5) is 7.80. The zero-order valence-corrected chi connectivity index (χ0v) is 33.3. The van der Waals surface area contributed by atoms with Crippen molar-refractivity contribution >= 4 is 171 Å². The number of benzene rings is 3. The van der Waals surface area contributed by atoms with Crippen LogP contribution in [0.3, 0.4) is 0 Å². The summed E-state index contributed by atoms with van der Waals surface area (Å²) in [6.07, 6.45) is 0. The van der Waals surface area contributed by atoms with E-state index in [2.05, 4.69) is 149 Å². The molecule has 0 aliphatic carbocycles. The lowest BCUT2D eigenvalue weighted by atomic mass is 10.1. The van der Waals surface area contributed by atoms with Gasteiger partial charge in [0.1, 0.15) is 0 Å². The largest absolute Gasteiger partial charge is 0.134 e. The van der Waals surface area contributed by atoms with Crippen LogP contribution in [0.25, 0.3) is 79.4 Å². The monoisotopic (exact) mass is 930 g/mol. The van der Waals surface area contributed by atoms with E-state index in [9.17, 15) is 0 Å². The van der Waals surface area contributed by atoms with Gasteiger partial charge in [0, 0.05) is 58.4 Å². The average Bonchev–Trinajstić information content (AvgIpc) is 3.85. The molecule has 9 rings (SSSR count). The van der Waals surface area contributed by atoms with Gasteiger partial charge in [-0.25, -0.2) is 0 Å². The maximum Gasteiger partial charge on any atom is 0.0606 e. The molecule has 6 aromatic heterocycles. The van der Waals surface area contributed by atoms with Gasteiger partial charge in [-0.3, -0.25) is 0 Å². The first-order valence-corrected chi connectivity index (χ1v) is 21.4. The molecule has 0 nitrogen and oxygen atoms in total. The zero-order chi connectivity index (χ0) is 29.7. The molecule has 0 fully saturated rings. The summed E-state index contributed by atoms with van der Waals surface area (Å²) in [5.41, 5.74) is 2.37. The maximum atomic E-state index is 3.98. The summed E-state index contributed by atoms with van der Waals surface area (Å²) in [6.45, 7) is 0. The molecule has 0 N–H and O–H groups in total. The Morgan fingerprint density at radius 3 is 1.20 bits per heavy atom. The van der Waals surface area contributed by atoms with Crippen LogP contribution in [-0.4, -0.2) is 0 Å². The second-order valence-corrected chi connectivity index (χ2v) is 19.9. The van der Waals surface area contributed by atoms with E-state index in [1.165, 1.54) is 88.3 Å². The van der Waals surface area contributed by atoms with E-state index in [1.807, 2.05) is 68.0 Å². The second kappa shape index (κ2) is 11.2. The number of halogens is 4. The van der Waals surface area contributed by atoms with Crippen molar-refractivity contribution < 1.29 is 0 Å². The van der Waals surface area contributed by atoms with Crippen LogP contribution in [0.4, 0.5) is 0 Å². The molecule has 3 aromatic carbocycles. The summed E-state index contributed by atoms with van der Waals surface area (Å²) in [5, 5.41) is 2.62. The van der Waals surface area contributed by atoms with Crippen LogP contribution >= 0.6 is 132 Å². The lowest BCUT2D eigenvalue weighted by Gasteiger charge is -2.10. The predicted molar refractivity (Wildman–Crippen MR) is 216 cm³/mol. The Kier molecular flexibility index (Phi) is 7.39. The van der Waals surface area contributed by atoms with Gasteiger partial charge in [-0.05, 0) is 91.2 Å². The van der Waals surface area contributed by atoms with Gasteiger partial charge in [0.15, 0.2) is 0 Å². The van der Waals surface area contributed by atoms with Crippen LogP contribution in [-0.2, 0) is 0 Å². The third-order valence-electron chi connectivity index (χ3n) is 7.50. The van der Waals surface area contributed by atoms with Crippen molar-refractivity contribution in [1.82, 2.24) is 0 Å². The summed E-state index contributed by atoms with van der Waals surface area (Å²) in [6, 6.07) is 31.1. The fourth-order valence-electron chi connectivity index (χ4n) is 5.41. The summed E-state index contributed by atoms with van der Waals surface area (Å²) in [5.74, 6) is 0. The van der Waals surface area contributed by atoms with E-state index in [4.69, 9.17) is 0 Å². The molecule has 0 bridgehead atoms. The Hall–Kier alpha value is -1.18. The molecule has 0 unspecified atom stereocenters. The lowest BCUT2D eigenvalue weighted by molar-refractivity contribution is 1.59. The van der Waals surface area contributed by atoms with Crippen LogP contribution in [0, 0.1) is 0 Å². The number of thiophene rings is 6. The highest BCUT2D eigenvalue weighted by atomic mass is 79.9. The van der Waals surface area contributed by atoms with Crippen LogP contribution in [0.2, 0.25) is 0 Å². The Bertz CT molecular complexity index is 2320. The number of hydrogen-bond donors (Lipinski definition) is 0. The van der Waals surface area contributed by atoms with Crippen molar-refractivity contribution in [2.24, 2.45) is 0 Å². The Morgan fingerprint density at radius 1 is 0.386 bits per heavy atom. The fraction of sp³-hybridized carbons (Fsp3) is 0. The minimum Gasteiger partial charge on any atom is -0.134 e. The van der Waals surface area contributed by atoms with Gasteiger partial charge in [0.2, 0.25) is 0 Å². The van der Waals surface area contributed by atoms with E-state index >= 15 is 0 Å². The van der Waals surface area contributed by atoms with Gasteiger partial charge >= 0.3 is 0 Å². The van der Waals surface area contributed by atoms with E-state index in [0.717, 1.165) is 8.95 Å². The minimum atomic E-state index is 1.09. The molecule has 10 heteroatoms. The Labute approximate surface area is 310 Å². The van der Waals surface area contributed by atoms with Gasteiger partial charge in [0.25, 0.3) is 0 Å². The lowest BCUT2D eigenvalue weighted by Crippen LogP contribution is -1.83. The van der Waals surface area contributed by atoms with Gasteiger partial charge < -0.3 is 0 Å². The molecule has 0 atom stereocenters. The van der Waals surface area contributed by atoms with Crippen molar-refractivity contribution in [2.45, 2.75) is 0 Å². The maximum absolute atomic E-state index is 3.98. The molecule has 0 amide bonds. The fourth-order valence-corrected chi connectivity index (χ4v) is 16.0. The highest BCUT2D eigenvalue weighted by molar-refractivity contribution is 9.11. The van der Waals surface area contributed by atoms with E-state index < -0.39 is 0 Å². The quantitative estimate of drug-likeness (QED) is 0.165. The minimum absolute atomic E-state index is 1.09. The molecule has 0 spiro atoms. The summed E-state index contributed by atoms with van der Waals surface area (Å²) < 4.78 is 12.4. The normalized spacial score (nSPS) is 12.1. The highest BCUT2D eigenvalue weighted by Crippen LogP contribution is 2.54. The highest BCUT2D eigenvalue weighted by Gasteiger charge is 2.22. The topological polar surface area (TPSA) is 0 Å². The molecule has 0 saturated heterocycles. The Balaban J connectivity index is 1.07. The van der Waals surface area contributed by atoms with Crippen LogP contribution in [0.1, 0.15) is 0 Å². The van der Waals surface area contributed by atoms with Gasteiger partial charge in [-0.1, -0.05) is 68.3 Å². The third kappa shape index (κ3) is 4.74. The van der Waals surface area contributed by atoms with Crippen LogP contribution in [0.15, 0.2) is 103 Å². The molecule has 0 aliphatic heterocycles. The van der Waals surface area contributed by atoms with Crippen molar-refractivity contribution in [3.05, 3.63) is 103 Å². The average molecular weight is 935 g/mol. The van der Waals surface area contributed by atoms with E-state index in [0.29, 0.717) is 0 Å². The SMILES string of the molecule is Brc1cc(-c2sc3cc(-c4cc5ccccc5s4)sc3c2Br)c(Br)cc1-c1sc2cc(-c3cc4ccccc4s3)sc2c1Br. The molecule has 0 saturated carbocycles. The third-order valence-corrected chi connectivity index (χ3v) is 19.0. The zero-order valence-electron chi connectivity index (χ0n) is 22.0. The van der Waals surface area contributed by atoms with Crippen molar-refractivity contribution in [2.75, 3.05) is 0 Å². The smallest absolute Gasteiger partial charge is 0.0606 e. The molecule has 6 heterocycles. The van der Waals surface area contributed by atoms with Crippen molar-refractivity contribution in [1.29, 1.82) is 0 Å². The standard InChI is InChI=1S/C34H14Br4S6/c35-19-12-18(32-30(38)34-28(44-32)14-26(42-34)24-10-16-6-2-4-8-22(16)40-24)20(36)11-17(19)31-29(37)33-27(43-31)13-25(41-33)23-9-15-5-1-3-7-21(15)39-23/h1-14H. The first-order chi connectivity index (χ1) is 21.4. The van der Waals surface area contributed by atoms with Gasteiger partial charge in [-0.15, -0.1) is 68.0 Å². The Morgan fingerprint density at radius 2 is 0.795 bits per heavy atom. The molecule has 214 valence electrons. The van der Waals surface area contributed by atoms with E-state index in [1.54, 1.807) is 0 Å². The number of fused-ring (bicyclic) bond motifs is 4. The molecular formula is C34H14Br4S6. The van der Waals surface area contributed by atoms with Crippen LogP contribution < -0.4 is 0 Å². The van der Waals surface area contributed by atoms with Crippen molar-refractivity contribution in [3.63, 3.8) is 0 Å². The molecule has 9 aromatic rings. The van der Waals surface area contributed by atoms with Gasteiger partial charge in [-0.2, -0.15) is 0 Å². The molecule has 0 aliphatic rings. The summed E-state index contributed by atoms with van der Waals surface area (Å²) >= 11 is 27.0. The molecular weight excluding hydrogens is 920 g/mol.